The Morgan fingerprint density at radius 2 is 1.96 bits per heavy atom. The zero-order valence-electron chi connectivity index (χ0n) is 14.6. The van der Waals surface area contributed by atoms with Crippen molar-refractivity contribution >= 4 is 29.1 Å². The molecular formula is C18H21ClN6O2. The Morgan fingerprint density at radius 1 is 1.15 bits per heavy atom. The van der Waals surface area contributed by atoms with Gasteiger partial charge < -0.3 is 20.8 Å². The topological polar surface area (TPSA) is 108 Å². The van der Waals surface area contributed by atoms with Crippen LogP contribution in [0.1, 0.15) is 5.56 Å². The minimum absolute atomic E-state index is 0.0105. The van der Waals surface area contributed by atoms with E-state index in [4.69, 9.17) is 16.7 Å². The molecule has 0 saturated heterocycles. The monoisotopic (exact) mass is 388 g/mol. The number of anilines is 3. The van der Waals surface area contributed by atoms with Gasteiger partial charge in [-0.2, -0.15) is 10.1 Å². The third kappa shape index (κ3) is 5.40. The van der Waals surface area contributed by atoms with Crippen molar-refractivity contribution in [2.75, 3.05) is 23.8 Å². The molecule has 0 aliphatic heterocycles. The molecule has 0 aliphatic carbocycles. The van der Waals surface area contributed by atoms with Crippen molar-refractivity contribution in [1.82, 2.24) is 19.7 Å². The van der Waals surface area contributed by atoms with Crippen LogP contribution in [0, 0.1) is 0 Å². The molecule has 0 spiro atoms. The summed E-state index contributed by atoms with van der Waals surface area (Å²) in [7, 11) is 0. The lowest BCUT2D eigenvalue weighted by Gasteiger charge is -2.18. The second-order valence-corrected chi connectivity index (χ2v) is 6.35. The van der Waals surface area contributed by atoms with E-state index in [9.17, 15) is 5.11 Å². The van der Waals surface area contributed by atoms with E-state index >= 15 is 0 Å². The largest absolute Gasteiger partial charge is 0.394 e. The fraction of sp³-hybridized carbons (Fsp3) is 0.278. The Kier molecular flexibility index (Phi) is 6.59. The molecule has 27 heavy (non-hydrogen) atoms. The third-order valence-electron chi connectivity index (χ3n) is 3.85. The fourth-order valence-electron chi connectivity index (χ4n) is 2.56. The zero-order chi connectivity index (χ0) is 19.1. The highest BCUT2D eigenvalue weighted by molar-refractivity contribution is 6.32. The average Bonchev–Trinajstić information content (AvgIpc) is 3.12. The molecule has 1 atom stereocenters. The highest BCUT2D eigenvalue weighted by Gasteiger charge is 2.13. The molecule has 9 heteroatoms. The summed E-state index contributed by atoms with van der Waals surface area (Å²) in [5.41, 5.74) is 1.79. The minimum atomic E-state index is -0.236. The molecule has 0 saturated carbocycles. The van der Waals surface area contributed by atoms with Crippen molar-refractivity contribution in [2.45, 2.75) is 19.0 Å². The first-order chi connectivity index (χ1) is 13.2. The van der Waals surface area contributed by atoms with Gasteiger partial charge in [0.2, 0.25) is 5.95 Å². The van der Waals surface area contributed by atoms with Gasteiger partial charge in [-0.1, -0.05) is 41.9 Å². The Bertz CT molecular complexity index is 858. The summed E-state index contributed by atoms with van der Waals surface area (Å²) in [5, 5.41) is 29.3. The minimum Gasteiger partial charge on any atom is -0.394 e. The highest BCUT2D eigenvalue weighted by Crippen LogP contribution is 2.22. The SMILES string of the molecule is OCCn1cc(Nc2ncc(Cl)c(NC(CO)Cc3ccccc3)n2)cn1. The number of nitrogens with one attached hydrogen (secondary N) is 2. The van der Waals surface area contributed by atoms with E-state index in [1.807, 2.05) is 30.3 Å². The van der Waals surface area contributed by atoms with Gasteiger partial charge in [0.25, 0.3) is 0 Å². The number of halogens is 1. The first-order valence-corrected chi connectivity index (χ1v) is 8.90. The lowest BCUT2D eigenvalue weighted by Crippen LogP contribution is -2.27. The first kappa shape index (κ1) is 19.1. The third-order valence-corrected chi connectivity index (χ3v) is 4.13. The molecule has 0 fully saturated rings. The van der Waals surface area contributed by atoms with Crippen LogP contribution >= 0.6 is 11.6 Å². The Balaban J connectivity index is 1.70. The van der Waals surface area contributed by atoms with Gasteiger partial charge in [-0.05, 0) is 12.0 Å². The van der Waals surface area contributed by atoms with Crippen LogP contribution in [0.5, 0.6) is 0 Å². The molecule has 1 unspecified atom stereocenters. The summed E-state index contributed by atoms with van der Waals surface area (Å²) in [5.74, 6) is 0.786. The van der Waals surface area contributed by atoms with E-state index in [0.717, 1.165) is 5.56 Å². The molecule has 2 aromatic heterocycles. The van der Waals surface area contributed by atoms with Gasteiger partial charge in [0.05, 0.1) is 43.9 Å². The van der Waals surface area contributed by atoms with Gasteiger partial charge in [-0.3, -0.25) is 4.68 Å². The molecule has 3 aromatic rings. The first-order valence-electron chi connectivity index (χ1n) is 8.52. The van der Waals surface area contributed by atoms with Crippen molar-refractivity contribution in [1.29, 1.82) is 0 Å². The summed E-state index contributed by atoms with van der Waals surface area (Å²) >= 11 is 6.21. The normalized spacial score (nSPS) is 12.0. The van der Waals surface area contributed by atoms with Gasteiger partial charge >= 0.3 is 0 Å². The summed E-state index contributed by atoms with van der Waals surface area (Å²) < 4.78 is 1.61. The molecule has 0 amide bonds. The lowest BCUT2D eigenvalue weighted by molar-refractivity contribution is 0.269. The van der Waals surface area contributed by atoms with Crippen molar-refractivity contribution in [2.24, 2.45) is 0 Å². The average molecular weight is 389 g/mol. The maximum absolute atomic E-state index is 9.70. The molecule has 0 radical (unpaired) electrons. The molecule has 0 aliphatic rings. The molecule has 0 bridgehead atoms. The molecule has 2 heterocycles. The predicted octanol–water partition coefficient (Wildman–Crippen LogP) is 2.08. The summed E-state index contributed by atoms with van der Waals surface area (Å²) in [6.45, 7) is 0.357. The van der Waals surface area contributed by atoms with Gasteiger partial charge in [0, 0.05) is 6.20 Å². The zero-order valence-corrected chi connectivity index (χ0v) is 15.3. The number of aliphatic hydroxyl groups is 2. The highest BCUT2D eigenvalue weighted by atomic mass is 35.5. The Morgan fingerprint density at radius 3 is 2.70 bits per heavy atom. The molecule has 1 aromatic carbocycles. The predicted molar refractivity (Wildman–Crippen MR) is 104 cm³/mol. The molecule has 3 rings (SSSR count). The van der Waals surface area contributed by atoms with Crippen LogP contribution in [0.2, 0.25) is 5.02 Å². The van der Waals surface area contributed by atoms with Crippen LogP contribution in [0.15, 0.2) is 48.9 Å². The smallest absolute Gasteiger partial charge is 0.229 e. The fourth-order valence-corrected chi connectivity index (χ4v) is 2.71. The van der Waals surface area contributed by atoms with E-state index in [0.29, 0.717) is 35.4 Å². The van der Waals surface area contributed by atoms with Gasteiger partial charge in [0.1, 0.15) is 5.02 Å². The second-order valence-electron chi connectivity index (χ2n) is 5.94. The Labute approximate surface area is 161 Å². The van der Waals surface area contributed by atoms with Gasteiger partial charge in [0.15, 0.2) is 5.82 Å². The quantitative estimate of drug-likeness (QED) is 0.444. The maximum atomic E-state index is 9.70. The van der Waals surface area contributed by atoms with Crippen LogP contribution in [-0.4, -0.2) is 49.2 Å². The van der Waals surface area contributed by atoms with E-state index in [-0.39, 0.29) is 19.3 Å². The van der Waals surface area contributed by atoms with Crippen molar-refractivity contribution in [3.05, 3.63) is 59.5 Å². The second kappa shape index (κ2) is 9.31. The molecular weight excluding hydrogens is 368 g/mol. The number of benzene rings is 1. The number of rotatable bonds is 9. The Hall–Kier alpha value is -2.68. The van der Waals surface area contributed by atoms with Gasteiger partial charge in [-0.15, -0.1) is 0 Å². The van der Waals surface area contributed by atoms with Crippen LogP contribution in [0.25, 0.3) is 0 Å². The maximum Gasteiger partial charge on any atom is 0.229 e. The lowest BCUT2D eigenvalue weighted by atomic mass is 10.1. The number of hydrogen-bond donors (Lipinski definition) is 4. The van der Waals surface area contributed by atoms with E-state index in [2.05, 4.69) is 25.7 Å². The van der Waals surface area contributed by atoms with E-state index in [1.54, 1.807) is 17.1 Å². The van der Waals surface area contributed by atoms with E-state index < -0.39 is 0 Å². The van der Waals surface area contributed by atoms with Crippen LogP contribution in [-0.2, 0) is 13.0 Å². The molecule has 4 N–H and O–H groups in total. The van der Waals surface area contributed by atoms with Crippen LogP contribution in [0.3, 0.4) is 0 Å². The standard InChI is InChI=1S/C18H21ClN6O2/c19-16-10-20-18(23-15-9-21-25(11-15)6-7-26)24-17(16)22-14(12-27)8-13-4-2-1-3-5-13/h1-5,9-11,14,26-27H,6-8,12H2,(H2,20,22,23,24). The summed E-state index contributed by atoms with van der Waals surface area (Å²) in [4.78, 5) is 8.55. The van der Waals surface area contributed by atoms with Gasteiger partial charge in [-0.25, -0.2) is 4.98 Å². The number of nitrogens with zero attached hydrogens (tertiary/aromatic N) is 4. The van der Waals surface area contributed by atoms with E-state index in [1.165, 1.54) is 6.20 Å². The molecule has 142 valence electrons. The van der Waals surface area contributed by atoms with Crippen LogP contribution in [0.4, 0.5) is 17.5 Å². The summed E-state index contributed by atoms with van der Waals surface area (Å²) in [6.07, 6.45) is 5.49. The number of aromatic nitrogens is 4. The van der Waals surface area contributed by atoms with Crippen molar-refractivity contribution in [3.63, 3.8) is 0 Å². The number of hydrogen-bond acceptors (Lipinski definition) is 7. The summed E-state index contributed by atoms with van der Waals surface area (Å²) in [6, 6.07) is 9.64. The number of aliphatic hydroxyl groups excluding tert-OH is 2. The molecule has 8 nitrogen and oxygen atoms in total. The van der Waals surface area contributed by atoms with Crippen molar-refractivity contribution in [3.8, 4) is 0 Å². The van der Waals surface area contributed by atoms with Crippen molar-refractivity contribution < 1.29 is 10.2 Å². The van der Waals surface area contributed by atoms with Crippen LogP contribution < -0.4 is 10.6 Å².